The number of nitrogens with one attached hydrogen (secondary N) is 3. The number of aryl methyl sites for hydroxylation is 1. The van der Waals surface area contributed by atoms with Crippen molar-refractivity contribution in [2.24, 2.45) is 5.10 Å². The van der Waals surface area contributed by atoms with Crippen molar-refractivity contribution >= 4 is 23.1 Å². The summed E-state index contributed by atoms with van der Waals surface area (Å²) in [7, 11) is 0. The molecule has 1 radical (unpaired) electrons. The molecule has 15 nitrogen and oxygen atoms in total. The number of amidine groups is 1. The Bertz CT molecular complexity index is 613. The van der Waals surface area contributed by atoms with Crippen LogP contribution in [0.4, 0.5) is 0 Å². The van der Waals surface area contributed by atoms with E-state index in [1.54, 1.807) is 19.4 Å². The van der Waals surface area contributed by atoms with Crippen molar-refractivity contribution in [3.63, 3.8) is 0 Å². The smallest absolute Gasteiger partial charge is 0.868 e. The zero-order valence-corrected chi connectivity index (χ0v) is 15.6. The number of hydrogen-bond acceptors (Lipinski definition) is 11. The van der Waals surface area contributed by atoms with Crippen molar-refractivity contribution in [2.45, 2.75) is 13.5 Å². The molecule has 0 amide bonds. The number of aromatic nitrogens is 1. The SMILES string of the molecule is CSC(=N)N/N=C/c1c(CO)c[nH+]c(C)c1[O-].O=[N+]([O-])[O-].O=[N+]([O-])[O-].[Cu+2].[OH3+]. The van der Waals surface area contributed by atoms with Crippen LogP contribution in [0, 0.1) is 43.0 Å². The normalized spacial score (nSPS) is 8.56. The Labute approximate surface area is 166 Å². The molecule has 0 aliphatic heterocycles. The summed E-state index contributed by atoms with van der Waals surface area (Å²) in [6.45, 7) is 1.41. The Morgan fingerprint density at radius 1 is 1.37 bits per heavy atom. The molecule has 0 aromatic carbocycles. The number of aromatic amines is 1. The van der Waals surface area contributed by atoms with Gasteiger partial charge in [0, 0.05) is 18.1 Å². The zero-order chi connectivity index (χ0) is 20.0. The van der Waals surface area contributed by atoms with Crippen LogP contribution >= 0.6 is 11.8 Å². The van der Waals surface area contributed by atoms with Crippen molar-refractivity contribution in [1.82, 2.24) is 5.43 Å². The van der Waals surface area contributed by atoms with Gasteiger partial charge in [-0.1, -0.05) is 11.8 Å². The molecule has 0 unspecified atom stereocenters. The Morgan fingerprint density at radius 3 is 2.19 bits per heavy atom. The number of aliphatic hydroxyl groups is 1. The summed E-state index contributed by atoms with van der Waals surface area (Å²) in [5.74, 6) is -0.210. The van der Waals surface area contributed by atoms with Crippen molar-refractivity contribution in [3.05, 3.63) is 53.7 Å². The van der Waals surface area contributed by atoms with E-state index in [0.29, 0.717) is 16.8 Å². The molecule has 0 fully saturated rings. The van der Waals surface area contributed by atoms with Crippen molar-refractivity contribution in [2.75, 3.05) is 6.26 Å². The summed E-state index contributed by atoms with van der Waals surface area (Å²) >= 11 is 1.20. The van der Waals surface area contributed by atoms with Gasteiger partial charge in [0.1, 0.15) is 0 Å². The molecule has 1 heterocycles. The second-order valence-corrected chi connectivity index (χ2v) is 4.51. The average Bonchev–Trinajstić information content (AvgIpc) is 2.50. The summed E-state index contributed by atoms with van der Waals surface area (Å²) in [6, 6.07) is 0. The van der Waals surface area contributed by atoms with E-state index in [1.807, 2.05) is 0 Å². The van der Waals surface area contributed by atoms with E-state index in [4.69, 9.17) is 41.2 Å². The fourth-order valence-corrected chi connectivity index (χ4v) is 1.30. The molecular formula is C10H17CuN6O9S+. The largest absolute Gasteiger partial charge is 2.00 e. The van der Waals surface area contributed by atoms with Gasteiger partial charge in [-0.15, -0.1) is 0 Å². The second-order valence-electron chi connectivity index (χ2n) is 3.69. The van der Waals surface area contributed by atoms with E-state index in [0.717, 1.165) is 0 Å². The van der Waals surface area contributed by atoms with Gasteiger partial charge in [0.15, 0.2) is 17.1 Å². The molecule has 1 rings (SSSR count). The summed E-state index contributed by atoms with van der Waals surface area (Å²) in [5.41, 5.74) is 3.74. The first kappa shape index (κ1) is 32.0. The predicted octanol–water partition coefficient (Wildman–Crippen LogP) is -1.81. The first-order valence-corrected chi connectivity index (χ1v) is 7.15. The standard InChI is InChI=1S/C10H14N4O2S.Cu.2NO3.H2O/c1-6-9(16)8(7(5-15)3-12-6)4-13-14-10(11)17-2;;2*2-1(3)4;/h3-4,15-16H,5H2,1-2H3,(H2,11,14);;;;1H2/q;+2;2*-1;/p+1/b13-4+;;;;. The number of H-pyrrole nitrogens is 1. The molecule has 0 saturated heterocycles. The van der Waals surface area contributed by atoms with Gasteiger partial charge >= 0.3 is 17.1 Å². The van der Waals surface area contributed by atoms with Crippen LogP contribution in [-0.4, -0.2) is 32.9 Å². The number of hydrogen-bond donors (Lipinski definition) is 3. The molecule has 0 aliphatic rings. The Hall–Kier alpha value is -2.72. The van der Waals surface area contributed by atoms with Crippen LogP contribution < -0.4 is 15.5 Å². The molecule has 17 heteroatoms. The Kier molecular flexibility index (Phi) is 21.4. The number of nitrogens with zero attached hydrogens (tertiary/aromatic N) is 3. The van der Waals surface area contributed by atoms with Gasteiger partial charge in [-0.05, 0) is 12.0 Å². The number of pyridine rings is 1. The summed E-state index contributed by atoms with van der Waals surface area (Å²) in [4.78, 5) is 19.3. The maximum Gasteiger partial charge on any atom is 2.00 e. The minimum Gasteiger partial charge on any atom is -0.868 e. The van der Waals surface area contributed by atoms with Crippen LogP contribution in [0.5, 0.6) is 5.75 Å². The first-order chi connectivity index (χ1) is 11.6. The van der Waals surface area contributed by atoms with Gasteiger partial charge in [-0.25, -0.2) is 4.98 Å². The van der Waals surface area contributed by atoms with E-state index in [9.17, 15) is 5.11 Å². The number of rotatable bonds is 3. The monoisotopic (exact) mass is 460 g/mol. The van der Waals surface area contributed by atoms with Gasteiger partial charge < -0.3 is 46.3 Å². The topological polar surface area (TPSA) is 271 Å². The van der Waals surface area contributed by atoms with E-state index in [1.165, 1.54) is 18.0 Å². The predicted molar refractivity (Wildman–Crippen MR) is 90.7 cm³/mol. The third-order valence-electron chi connectivity index (χ3n) is 2.13. The molecular weight excluding hydrogens is 444 g/mol. The van der Waals surface area contributed by atoms with Crippen molar-refractivity contribution < 1.29 is 47.9 Å². The van der Waals surface area contributed by atoms with E-state index >= 15 is 0 Å². The molecule has 0 bridgehead atoms. The molecule has 0 saturated carbocycles. The Balaban J connectivity index is -0.000000225. The van der Waals surface area contributed by atoms with Gasteiger partial charge in [0.25, 0.3) is 0 Å². The van der Waals surface area contributed by atoms with Crippen LogP contribution in [0.15, 0.2) is 11.3 Å². The molecule has 1 aromatic heterocycles. The van der Waals surface area contributed by atoms with Crippen LogP contribution in [0.25, 0.3) is 0 Å². The fraction of sp³-hybridized carbons (Fsp3) is 0.300. The minimum absolute atomic E-state index is 0. The fourth-order valence-electron chi connectivity index (χ4n) is 1.16. The Morgan fingerprint density at radius 2 is 1.81 bits per heavy atom. The van der Waals surface area contributed by atoms with E-state index in [-0.39, 0.29) is 40.1 Å². The van der Waals surface area contributed by atoms with Crippen molar-refractivity contribution in [1.29, 1.82) is 5.41 Å². The summed E-state index contributed by atoms with van der Waals surface area (Å²) < 4.78 is 0. The molecule has 27 heavy (non-hydrogen) atoms. The quantitative estimate of drug-likeness (QED) is 0.113. The van der Waals surface area contributed by atoms with E-state index in [2.05, 4.69) is 15.5 Å². The van der Waals surface area contributed by atoms with Crippen LogP contribution in [0.3, 0.4) is 0 Å². The molecule has 7 N–H and O–H groups in total. The molecule has 0 spiro atoms. The number of aliphatic hydroxyl groups excluding tert-OH is 1. The van der Waals surface area contributed by atoms with Gasteiger partial charge in [-0.3, -0.25) is 10.8 Å². The third kappa shape index (κ3) is 17.9. The average molecular weight is 461 g/mol. The number of hydrazone groups is 1. The van der Waals surface area contributed by atoms with E-state index < -0.39 is 10.2 Å². The molecule has 0 aliphatic carbocycles. The summed E-state index contributed by atoms with van der Waals surface area (Å²) in [6.07, 6.45) is 4.63. The number of thioether (sulfide) groups is 1. The van der Waals surface area contributed by atoms with Crippen molar-refractivity contribution in [3.8, 4) is 5.75 Å². The van der Waals surface area contributed by atoms with Crippen LogP contribution in [0.1, 0.15) is 16.8 Å². The van der Waals surface area contributed by atoms with Crippen LogP contribution in [0.2, 0.25) is 0 Å². The maximum atomic E-state index is 11.8. The second kappa shape index (κ2) is 18.1. The molecule has 1 aromatic rings. The zero-order valence-electron chi connectivity index (χ0n) is 13.8. The van der Waals surface area contributed by atoms with Crippen LogP contribution in [-0.2, 0) is 29.2 Å². The van der Waals surface area contributed by atoms with Gasteiger partial charge in [0.2, 0.25) is 0 Å². The molecule has 0 atom stereocenters. The minimum atomic E-state index is -1.75. The van der Waals surface area contributed by atoms with Gasteiger partial charge in [0.05, 0.1) is 23.0 Å². The summed E-state index contributed by atoms with van der Waals surface area (Å²) in [5, 5.41) is 61.6. The van der Waals surface area contributed by atoms with Gasteiger partial charge in [-0.2, -0.15) is 5.10 Å². The third-order valence-corrected chi connectivity index (χ3v) is 2.63. The maximum absolute atomic E-state index is 11.8. The molecule has 157 valence electrons. The first-order valence-electron chi connectivity index (χ1n) is 5.93.